The second-order valence-electron chi connectivity index (χ2n) is 5.08. The molecule has 1 aliphatic rings. The molecule has 0 unspecified atom stereocenters. The number of halogens is 1. The van der Waals surface area contributed by atoms with Crippen molar-refractivity contribution >= 4 is 21.9 Å². The van der Waals surface area contributed by atoms with E-state index in [4.69, 9.17) is 4.74 Å². The Labute approximate surface area is 131 Å². The van der Waals surface area contributed by atoms with Crippen LogP contribution in [0.2, 0.25) is 0 Å². The molecule has 1 saturated heterocycles. The van der Waals surface area contributed by atoms with Gasteiger partial charge in [0.15, 0.2) is 0 Å². The highest BCUT2D eigenvalue weighted by Gasteiger charge is 2.25. The van der Waals surface area contributed by atoms with Gasteiger partial charge in [0.05, 0.1) is 19.8 Å². The predicted molar refractivity (Wildman–Crippen MR) is 82.7 cm³/mol. The van der Waals surface area contributed by atoms with Crippen LogP contribution >= 0.6 is 15.9 Å². The molecule has 1 atom stereocenters. The lowest BCUT2D eigenvalue weighted by atomic mass is 10.2. The summed E-state index contributed by atoms with van der Waals surface area (Å²) in [7, 11) is 1.65. The topological polar surface area (TPSA) is 63.4 Å². The number of β-amino-alcohol motifs (C(OH)–C–C–N with tert-alkyl or cyclic N) is 1. The van der Waals surface area contributed by atoms with Gasteiger partial charge in [0.2, 0.25) is 10.7 Å². The zero-order chi connectivity index (χ0) is 14.8. The van der Waals surface area contributed by atoms with Crippen LogP contribution in [-0.4, -0.2) is 46.2 Å². The second-order valence-corrected chi connectivity index (χ2v) is 5.78. The van der Waals surface area contributed by atoms with Crippen LogP contribution in [0.5, 0.6) is 5.75 Å². The normalized spacial score (nSPS) is 18.2. The molecule has 1 N–H and O–H groups in total. The zero-order valence-electron chi connectivity index (χ0n) is 11.7. The fraction of sp³-hybridized carbons (Fsp3) is 0.429. The van der Waals surface area contributed by atoms with Gasteiger partial charge in [-0.2, -0.15) is 4.98 Å². The molecule has 0 saturated carbocycles. The van der Waals surface area contributed by atoms with E-state index in [1.807, 2.05) is 28.9 Å². The molecule has 21 heavy (non-hydrogen) atoms. The first-order valence-corrected chi connectivity index (χ1v) is 7.61. The minimum absolute atomic E-state index is 0.282. The van der Waals surface area contributed by atoms with E-state index in [1.165, 1.54) is 0 Å². The Balaban J connectivity index is 1.81. The standard InChI is InChI=1S/C14H17BrN4O2/c1-21-12-4-2-10(3-5-12)8-19-14(16-13(15)17-19)18-7-6-11(20)9-18/h2-5,11,20H,6-9H2,1H3/t11-/m1/s1. The number of nitrogens with zero attached hydrogens (tertiary/aromatic N) is 4. The van der Waals surface area contributed by atoms with E-state index in [1.54, 1.807) is 7.11 Å². The minimum Gasteiger partial charge on any atom is -0.497 e. The van der Waals surface area contributed by atoms with E-state index in [9.17, 15) is 5.11 Å². The van der Waals surface area contributed by atoms with E-state index in [2.05, 4.69) is 30.9 Å². The van der Waals surface area contributed by atoms with E-state index in [0.29, 0.717) is 17.8 Å². The van der Waals surface area contributed by atoms with Crippen LogP contribution < -0.4 is 9.64 Å². The molecule has 112 valence electrons. The van der Waals surface area contributed by atoms with Gasteiger partial charge in [0.1, 0.15) is 5.75 Å². The Hall–Kier alpha value is -1.60. The van der Waals surface area contributed by atoms with Crippen LogP contribution in [0.1, 0.15) is 12.0 Å². The average Bonchev–Trinajstić information content (AvgIpc) is 3.06. The van der Waals surface area contributed by atoms with Crippen LogP contribution in [0.4, 0.5) is 5.95 Å². The molecule has 6 nitrogen and oxygen atoms in total. The first kappa shape index (κ1) is 14.3. The van der Waals surface area contributed by atoms with E-state index < -0.39 is 0 Å². The number of hydrogen-bond donors (Lipinski definition) is 1. The summed E-state index contributed by atoms with van der Waals surface area (Å²) in [5.41, 5.74) is 1.12. The SMILES string of the molecule is COc1ccc(Cn2nc(Br)nc2N2CC[C@@H](O)C2)cc1. The summed E-state index contributed by atoms with van der Waals surface area (Å²) in [6, 6.07) is 7.88. The maximum atomic E-state index is 9.68. The first-order chi connectivity index (χ1) is 10.2. The highest BCUT2D eigenvalue weighted by Crippen LogP contribution is 2.22. The highest BCUT2D eigenvalue weighted by molar-refractivity contribution is 9.10. The Morgan fingerprint density at radius 3 is 2.76 bits per heavy atom. The molecule has 1 aliphatic heterocycles. The monoisotopic (exact) mass is 352 g/mol. The lowest BCUT2D eigenvalue weighted by Crippen LogP contribution is -2.25. The molecule has 0 radical (unpaired) electrons. The molecule has 3 rings (SSSR count). The number of aliphatic hydroxyl groups excluding tert-OH is 1. The van der Waals surface area contributed by atoms with Crippen molar-refractivity contribution in [3.63, 3.8) is 0 Å². The van der Waals surface area contributed by atoms with Gasteiger partial charge in [-0.3, -0.25) is 0 Å². The Kier molecular flexibility index (Phi) is 4.12. The molecule has 2 heterocycles. The summed E-state index contributed by atoms with van der Waals surface area (Å²) in [6.07, 6.45) is 0.488. The van der Waals surface area contributed by atoms with E-state index in [-0.39, 0.29) is 6.10 Å². The third kappa shape index (κ3) is 3.19. The molecular weight excluding hydrogens is 336 g/mol. The Bertz CT molecular complexity index is 614. The van der Waals surface area contributed by atoms with Gasteiger partial charge in [-0.25, -0.2) is 4.68 Å². The van der Waals surface area contributed by atoms with Gasteiger partial charge >= 0.3 is 0 Å². The summed E-state index contributed by atoms with van der Waals surface area (Å²) < 4.78 is 7.58. The van der Waals surface area contributed by atoms with Crippen molar-refractivity contribution in [3.8, 4) is 5.75 Å². The molecule has 0 spiro atoms. The van der Waals surface area contributed by atoms with Crippen LogP contribution in [0, 0.1) is 0 Å². The number of aromatic nitrogens is 3. The Morgan fingerprint density at radius 2 is 2.14 bits per heavy atom. The zero-order valence-corrected chi connectivity index (χ0v) is 13.3. The fourth-order valence-electron chi connectivity index (χ4n) is 2.47. The number of rotatable bonds is 4. The largest absolute Gasteiger partial charge is 0.497 e. The van der Waals surface area contributed by atoms with Gasteiger partial charge in [-0.05, 0) is 40.0 Å². The second kappa shape index (κ2) is 6.03. The molecule has 1 aromatic carbocycles. The van der Waals surface area contributed by atoms with Crippen molar-refractivity contribution in [3.05, 3.63) is 34.6 Å². The van der Waals surface area contributed by atoms with Crippen LogP contribution in [0.3, 0.4) is 0 Å². The molecule has 2 aromatic rings. The number of ether oxygens (including phenoxy) is 1. The summed E-state index contributed by atoms with van der Waals surface area (Å²) in [5, 5.41) is 14.1. The first-order valence-electron chi connectivity index (χ1n) is 6.82. The molecular formula is C14H17BrN4O2. The summed E-state index contributed by atoms with van der Waals surface area (Å²) in [6.45, 7) is 2.03. The number of anilines is 1. The predicted octanol–water partition coefficient (Wildman–Crippen LogP) is 1.67. The third-order valence-electron chi connectivity index (χ3n) is 3.56. The molecule has 7 heteroatoms. The maximum absolute atomic E-state index is 9.68. The average molecular weight is 353 g/mol. The van der Waals surface area contributed by atoms with Gasteiger partial charge in [0, 0.05) is 13.1 Å². The number of benzene rings is 1. The number of hydrogen-bond acceptors (Lipinski definition) is 5. The van der Waals surface area contributed by atoms with Crippen molar-refractivity contribution < 1.29 is 9.84 Å². The lowest BCUT2D eigenvalue weighted by Gasteiger charge is -2.17. The van der Waals surface area contributed by atoms with Crippen molar-refractivity contribution in [2.75, 3.05) is 25.1 Å². The van der Waals surface area contributed by atoms with Crippen LogP contribution in [0.25, 0.3) is 0 Å². The molecule has 0 amide bonds. The van der Waals surface area contributed by atoms with Crippen molar-refractivity contribution in [2.45, 2.75) is 19.1 Å². The highest BCUT2D eigenvalue weighted by atomic mass is 79.9. The van der Waals surface area contributed by atoms with Gasteiger partial charge in [-0.15, -0.1) is 5.10 Å². The number of methoxy groups -OCH3 is 1. The summed E-state index contributed by atoms with van der Waals surface area (Å²) >= 11 is 3.33. The quantitative estimate of drug-likeness (QED) is 0.906. The van der Waals surface area contributed by atoms with Gasteiger partial charge < -0.3 is 14.7 Å². The minimum atomic E-state index is -0.282. The van der Waals surface area contributed by atoms with Crippen molar-refractivity contribution in [1.82, 2.24) is 14.8 Å². The van der Waals surface area contributed by atoms with Crippen LogP contribution in [0.15, 0.2) is 29.0 Å². The molecule has 1 fully saturated rings. The maximum Gasteiger partial charge on any atom is 0.225 e. The fourth-order valence-corrected chi connectivity index (χ4v) is 2.82. The summed E-state index contributed by atoms with van der Waals surface area (Å²) in [4.78, 5) is 6.48. The van der Waals surface area contributed by atoms with E-state index in [0.717, 1.165) is 30.2 Å². The lowest BCUT2D eigenvalue weighted by molar-refractivity contribution is 0.198. The van der Waals surface area contributed by atoms with E-state index >= 15 is 0 Å². The molecule has 0 bridgehead atoms. The van der Waals surface area contributed by atoms with Gasteiger partial charge in [0.25, 0.3) is 0 Å². The van der Waals surface area contributed by atoms with Crippen molar-refractivity contribution in [2.24, 2.45) is 0 Å². The molecule has 0 aliphatic carbocycles. The summed E-state index contributed by atoms with van der Waals surface area (Å²) in [5.74, 6) is 1.62. The van der Waals surface area contributed by atoms with Gasteiger partial charge in [-0.1, -0.05) is 12.1 Å². The number of aliphatic hydroxyl groups is 1. The van der Waals surface area contributed by atoms with Crippen molar-refractivity contribution in [1.29, 1.82) is 0 Å². The smallest absolute Gasteiger partial charge is 0.225 e. The Morgan fingerprint density at radius 1 is 1.38 bits per heavy atom. The third-order valence-corrected chi connectivity index (χ3v) is 3.90. The molecule has 1 aromatic heterocycles. The van der Waals surface area contributed by atoms with Crippen LogP contribution in [-0.2, 0) is 6.54 Å².